The lowest BCUT2D eigenvalue weighted by Gasteiger charge is -2.10. The predicted octanol–water partition coefficient (Wildman–Crippen LogP) is -0.328. The Morgan fingerprint density at radius 3 is 2.83 bits per heavy atom. The number of hydrogen-bond donors (Lipinski definition) is 3. The van der Waals surface area contributed by atoms with Crippen LogP contribution in [-0.4, -0.2) is 36.7 Å². The average molecular weight is 256 g/mol. The second-order valence-corrected chi connectivity index (χ2v) is 3.48. The van der Waals surface area contributed by atoms with E-state index in [-0.39, 0.29) is 17.8 Å². The molecule has 6 nitrogen and oxygen atoms in total. The number of anilines is 1. The number of nitrogen functional groups attached to an aromatic ring is 1. The van der Waals surface area contributed by atoms with Gasteiger partial charge in [0.2, 0.25) is 0 Å². The first kappa shape index (κ1) is 13.9. The molecule has 0 aliphatic heterocycles. The standard InChI is InChI=1S/C11H13FN2O4/c1-18-11(17)9(15)5-14-10(16)7-4-6(12)2-3-8(7)13/h2-4,9,15H,5,13H2,1H3,(H,14,16). The number of benzene rings is 1. The quantitative estimate of drug-likeness (QED) is 0.506. The minimum atomic E-state index is -1.48. The summed E-state index contributed by atoms with van der Waals surface area (Å²) in [4.78, 5) is 22.5. The molecule has 4 N–H and O–H groups in total. The van der Waals surface area contributed by atoms with Gasteiger partial charge in [-0.05, 0) is 18.2 Å². The van der Waals surface area contributed by atoms with E-state index in [1.54, 1.807) is 0 Å². The fourth-order valence-corrected chi connectivity index (χ4v) is 1.23. The summed E-state index contributed by atoms with van der Waals surface area (Å²) in [5.41, 5.74) is 5.54. The van der Waals surface area contributed by atoms with Crippen molar-refractivity contribution in [2.45, 2.75) is 6.10 Å². The molecule has 0 aliphatic rings. The lowest BCUT2D eigenvalue weighted by Crippen LogP contribution is -2.37. The summed E-state index contributed by atoms with van der Waals surface area (Å²) in [5, 5.41) is 11.5. The molecule has 1 atom stereocenters. The van der Waals surface area contributed by atoms with E-state index >= 15 is 0 Å². The van der Waals surface area contributed by atoms with Crippen molar-refractivity contribution in [2.75, 3.05) is 19.4 Å². The third-order valence-electron chi connectivity index (χ3n) is 2.19. The molecular formula is C11H13FN2O4. The van der Waals surface area contributed by atoms with Gasteiger partial charge in [-0.3, -0.25) is 4.79 Å². The number of aliphatic hydroxyl groups excluding tert-OH is 1. The highest BCUT2D eigenvalue weighted by molar-refractivity contribution is 5.99. The Hall–Kier alpha value is -2.15. The van der Waals surface area contributed by atoms with Crippen molar-refractivity contribution in [1.29, 1.82) is 0 Å². The number of carbonyl (C=O) groups excluding carboxylic acids is 2. The average Bonchev–Trinajstić information content (AvgIpc) is 2.37. The second-order valence-electron chi connectivity index (χ2n) is 3.48. The number of carbonyl (C=O) groups is 2. The van der Waals surface area contributed by atoms with E-state index in [2.05, 4.69) is 10.1 Å². The van der Waals surface area contributed by atoms with Crippen molar-refractivity contribution < 1.29 is 23.8 Å². The minimum absolute atomic E-state index is 0.0629. The highest BCUT2D eigenvalue weighted by Gasteiger charge is 2.17. The third kappa shape index (κ3) is 3.42. The number of aliphatic hydroxyl groups is 1. The van der Waals surface area contributed by atoms with Crippen molar-refractivity contribution >= 4 is 17.6 Å². The van der Waals surface area contributed by atoms with Crippen LogP contribution in [0.5, 0.6) is 0 Å². The van der Waals surface area contributed by atoms with E-state index in [1.807, 2.05) is 0 Å². The van der Waals surface area contributed by atoms with Gasteiger partial charge in [-0.2, -0.15) is 0 Å². The number of rotatable bonds is 4. The number of nitrogens with one attached hydrogen (secondary N) is 1. The van der Waals surface area contributed by atoms with E-state index in [9.17, 15) is 19.1 Å². The number of nitrogens with two attached hydrogens (primary N) is 1. The zero-order valence-electron chi connectivity index (χ0n) is 9.64. The number of ether oxygens (including phenoxy) is 1. The van der Waals surface area contributed by atoms with Gasteiger partial charge in [0.1, 0.15) is 5.82 Å². The number of halogens is 1. The highest BCUT2D eigenvalue weighted by atomic mass is 19.1. The molecule has 7 heteroatoms. The molecule has 0 saturated carbocycles. The van der Waals surface area contributed by atoms with E-state index < -0.39 is 23.8 Å². The van der Waals surface area contributed by atoms with Gasteiger partial charge in [0.15, 0.2) is 6.10 Å². The maximum absolute atomic E-state index is 12.9. The Bertz CT molecular complexity index is 464. The van der Waals surface area contributed by atoms with E-state index in [0.29, 0.717) is 0 Å². The van der Waals surface area contributed by atoms with Crippen LogP contribution in [0.15, 0.2) is 18.2 Å². The minimum Gasteiger partial charge on any atom is -0.467 e. The molecule has 0 fully saturated rings. The van der Waals surface area contributed by atoms with Gasteiger partial charge in [0, 0.05) is 5.69 Å². The molecule has 1 aromatic carbocycles. The van der Waals surface area contributed by atoms with Crippen LogP contribution in [0.4, 0.5) is 10.1 Å². The number of amides is 1. The van der Waals surface area contributed by atoms with Gasteiger partial charge in [-0.25, -0.2) is 9.18 Å². The van der Waals surface area contributed by atoms with Crippen LogP contribution in [0.2, 0.25) is 0 Å². The lowest BCUT2D eigenvalue weighted by molar-refractivity contribution is -0.149. The summed E-state index contributed by atoms with van der Waals surface area (Å²) in [6, 6.07) is 3.34. The third-order valence-corrected chi connectivity index (χ3v) is 2.19. The van der Waals surface area contributed by atoms with Crippen molar-refractivity contribution in [1.82, 2.24) is 5.32 Å². The normalized spacial score (nSPS) is 11.7. The van der Waals surface area contributed by atoms with Gasteiger partial charge in [0.05, 0.1) is 19.2 Å². The summed E-state index contributed by atoms with van der Waals surface area (Å²) in [6.07, 6.45) is -1.48. The fourth-order valence-electron chi connectivity index (χ4n) is 1.23. The smallest absolute Gasteiger partial charge is 0.336 e. The molecule has 0 bridgehead atoms. The van der Waals surface area contributed by atoms with E-state index in [4.69, 9.17) is 5.73 Å². The van der Waals surface area contributed by atoms with E-state index in [1.165, 1.54) is 6.07 Å². The second kappa shape index (κ2) is 5.97. The summed E-state index contributed by atoms with van der Waals surface area (Å²) in [7, 11) is 1.11. The van der Waals surface area contributed by atoms with Gasteiger partial charge in [-0.15, -0.1) is 0 Å². The molecule has 0 radical (unpaired) electrons. The summed E-state index contributed by atoms with van der Waals surface area (Å²) in [5.74, 6) is -2.17. The molecule has 1 unspecified atom stereocenters. The molecule has 0 spiro atoms. The van der Waals surface area contributed by atoms with Gasteiger partial charge < -0.3 is 20.9 Å². The zero-order chi connectivity index (χ0) is 13.7. The topological polar surface area (TPSA) is 102 Å². The maximum Gasteiger partial charge on any atom is 0.336 e. The first-order valence-electron chi connectivity index (χ1n) is 5.04. The molecular weight excluding hydrogens is 243 g/mol. The van der Waals surface area contributed by atoms with Crippen LogP contribution in [0.1, 0.15) is 10.4 Å². The first-order chi connectivity index (χ1) is 8.45. The summed E-state index contributed by atoms with van der Waals surface area (Å²) >= 11 is 0. The number of esters is 1. The van der Waals surface area contributed by atoms with Crippen molar-refractivity contribution in [3.05, 3.63) is 29.6 Å². The molecule has 1 rings (SSSR count). The Labute approximate surface area is 103 Å². The Kier molecular flexibility index (Phi) is 4.61. The van der Waals surface area contributed by atoms with E-state index in [0.717, 1.165) is 19.2 Å². The van der Waals surface area contributed by atoms with Crippen LogP contribution in [0, 0.1) is 5.82 Å². The van der Waals surface area contributed by atoms with Crippen LogP contribution >= 0.6 is 0 Å². The van der Waals surface area contributed by atoms with Crippen molar-refractivity contribution in [3.8, 4) is 0 Å². The molecule has 0 aliphatic carbocycles. The monoisotopic (exact) mass is 256 g/mol. The van der Waals surface area contributed by atoms with Crippen LogP contribution in [-0.2, 0) is 9.53 Å². The molecule has 18 heavy (non-hydrogen) atoms. The van der Waals surface area contributed by atoms with Gasteiger partial charge in [0.25, 0.3) is 5.91 Å². The van der Waals surface area contributed by atoms with Crippen LogP contribution < -0.4 is 11.1 Å². The SMILES string of the molecule is COC(=O)C(O)CNC(=O)c1cc(F)ccc1N. The fraction of sp³-hybridized carbons (Fsp3) is 0.273. The van der Waals surface area contributed by atoms with Crippen LogP contribution in [0.25, 0.3) is 0 Å². The lowest BCUT2D eigenvalue weighted by atomic mass is 10.1. The largest absolute Gasteiger partial charge is 0.467 e. The summed E-state index contributed by atoms with van der Waals surface area (Å²) in [6.45, 7) is -0.346. The predicted molar refractivity (Wildman–Crippen MR) is 61.2 cm³/mol. The highest BCUT2D eigenvalue weighted by Crippen LogP contribution is 2.12. The van der Waals surface area contributed by atoms with Crippen LogP contribution in [0.3, 0.4) is 0 Å². The molecule has 0 saturated heterocycles. The zero-order valence-corrected chi connectivity index (χ0v) is 9.64. The van der Waals surface area contributed by atoms with Gasteiger partial charge in [-0.1, -0.05) is 0 Å². The Morgan fingerprint density at radius 1 is 1.56 bits per heavy atom. The van der Waals surface area contributed by atoms with Gasteiger partial charge >= 0.3 is 5.97 Å². The van der Waals surface area contributed by atoms with Crippen molar-refractivity contribution in [3.63, 3.8) is 0 Å². The Morgan fingerprint density at radius 2 is 2.22 bits per heavy atom. The molecule has 1 aromatic rings. The summed E-state index contributed by atoms with van der Waals surface area (Å²) < 4.78 is 17.2. The molecule has 0 aromatic heterocycles. The van der Waals surface area contributed by atoms with Crippen molar-refractivity contribution in [2.24, 2.45) is 0 Å². The molecule has 0 heterocycles. The number of methoxy groups -OCH3 is 1. The molecule has 1 amide bonds. The Balaban J connectivity index is 2.66. The number of hydrogen-bond acceptors (Lipinski definition) is 5. The first-order valence-corrected chi connectivity index (χ1v) is 5.04. The maximum atomic E-state index is 12.9. The molecule has 98 valence electrons.